The molecule has 0 fully saturated rings. The van der Waals surface area contributed by atoms with Crippen molar-refractivity contribution in [2.24, 2.45) is 0 Å². The Morgan fingerprint density at radius 1 is 0.941 bits per heavy atom. The van der Waals surface area contributed by atoms with Crippen molar-refractivity contribution in [2.75, 3.05) is 33.1 Å². The Hall–Kier alpha value is -3.45. The van der Waals surface area contributed by atoms with E-state index in [1.807, 2.05) is 37.4 Å². The number of carbonyl (C=O) groups excluding carboxylic acids is 1. The summed E-state index contributed by atoms with van der Waals surface area (Å²) in [5, 5.41) is 49.8. The van der Waals surface area contributed by atoms with E-state index in [9.17, 15) is 25.2 Å². The van der Waals surface area contributed by atoms with Crippen molar-refractivity contribution in [3.63, 3.8) is 0 Å². The standard InChI is InChI=1S/C40H50N2O7S2/c1-41-24-26-19-29(21-32(46)20-26)40(42-16-4-5-17-43)49-33-7-3-6-18-50-51-25-36-34(14-10-27-8-12-31(45)23-35(27)36)38-28(9-13-30(44)22-33)11-15-37(47)39(38)48-2/h8,10-12,14-15,19-21,23,33,40-43,45-47H,3-7,9,13,16-18,22,24-25H2,1-2H3/t33-,40-/m0/s1. The van der Waals surface area contributed by atoms with E-state index in [0.717, 1.165) is 69.2 Å². The molecule has 0 spiro atoms. The molecular formula is C40H50N2O7S2. The summed E-state index contributed by atoms with van der Waals surface area (Å²) in [6.45, 7) is 1.31. The van der Waals surface area contributed by atoms with Crippen LogP contribution in [0.3, 0.4) is 0 Å². The predicted molar refractivity (Wildman–Crippen MR) is 208 cm³/mol. The van der Waals surface area contributed by atoms with Crippen molar-refractivity contribution in [3.8, 4) is 34.1 Å². The maximum Gasteiger partial charge on any atom is 0.168 e. The predicted octanol–water partition coefficient (Wildman–Crippen LogP) is 7.75. The van der Waals surface area contributed by atoms with Crippen LogP contribution in [0.2, 0.25) is 0 Å². The zero-order valence-electron chi connectivity index (χ0n) is 29.5. The Bertz CT molecular complexity index is 1770. The lowest BCUT2D eigenvalue weighted by molar-refractivity contribution is -0.124. The number of rotatable bonds is 11. The van der Waals surface area contributed by atoms with Gasteiger partial charge in [-0.15, -0.1) is 0 Å². The zero-order chi connectivity index (χ0) is 36.2. The molecule has 1 aliphatic heterocycles. The number of ether oxygens (including phenoxy) is 2. The summed E-state index contributed by atoms with van der Waals surface area (Å²) >= 11 is 0. The number of ketones is 1. The largest absolute Gasteiger partial charge is 0.508 e. The normalized spacial score (nSPS) is 16.8. The van der Waals surface area contributed by atoms with Gasteiger partial charge in [0.15, 0.2) is 11.5 Å². The second kappa shape index (κ2) is 19.4. The highest BCUT2D eigenvalue weighted by molar-refractivity contribution is 8.76. The number of phenols is 3. The monoisotopic (exact) mass is 734 g/mol. The van der Waals surface area contributed by atoms with Crippen LogP contribution >= 0.6 is 21.6 Å². The first-order valence-electron chi connectivity index (χ1n) is 17.7. The second-order valence-electron chi connectivity index (χ2n) is 13.0. The molecule has 5 rings (SSSR count). The van der Waals surface area contributed by atoms with E-state index in [-0.39, 0.29) is 48.6 Å². The van der Waals surface area contributed by atoms with Crippen molar-refractivity contribution >= 4 is 38.1 Å². The van der Waals surface area contributed by atoms with E-state index in [0.29, 0.717) is 43.9 Å². The fraction of sp³-hybridized carbons (Fsp3) is 0.425. The number of carbonyl (C=O) groups is 1. The molecule has 1 heterocycles. The summed E-state index contributed by atoms with van der Waals surface area (Å²) in [6, 6.07) is 18.4. The minimum absolute atomic E-state index is 0.0248. The molecule has 6 N–H and O–H groups in total. The summed E-state index contributed by atoms with van der Waals surface area (Å²) in [4.78, 5) is 13.8. The van der Waals surface area contributed by atoms with Crippen LogP contribution in [0, 0.1) is 0 Å². The first kappa shape index (κ1) is 38.8. The Morgan fingerprint density at radius 3 is 2.59 bits per heavy atom. The molecule has 4 aromatic rings. The van der Waals surface area contributed by atoms with Gasteiger partial charge in [0.05, 0.1) is 13.2 Å². The fourth-order valence-corrected chi connectivity index (χ4v) is 8.95. The number of hydrogen-bond acceptors (Lipinski definition) is 11. The first-order valence-corrected chi connectivity index (χ1v) is 20.2. The maximum absolute atomic E-state index is 13.8. The Morgan fingerprint density at radius 2 is 1.78 bits per heavy atom. The van der Waals surface area contributed by atoms with E-state index in [1.54, 1.807) is 59.0 Å². The number of Topliss-reactive ketones (excluding diaryl/α,β-unsaturated/α-hetero) is 1. The fourth-order valence-electron chi connectivity index (χ4n) is 6.69. The average molecular weight is 735 g/mol. The summed E-state index contributed by atoms with van der Waals surface area (Å²) in [5.74, 6) is 2.39. The quantitative estimate of drug-likeness (QED) is 0.0512. The van der Waals surface area contributed by atoms with E-state index < -0.39 is 6.23 Å². The number of aliphatic hydroxyl groups excluding tert-OH is 1. The smallest absolute Gasteiger partial charge is 0.168 e. The van der Waals surface area contributed by atoms with E-state index in [4.69, 9.17) is 9.47 Å². The van der Waals surface area contributed by atoms with Gasteiger partial charge in [-0.05, 0) is 115 Å². The van der Waals surface area contributed by atoms with Crippen LogP contribution in [-0.2, 0) is 28.2 Å². The maximum atomic E-state index is 13.8. The van der Waals surface area contributed by atoms with E-state index in [2.05, 4.69) is 10.6 Å². The third kappa shape index (κ3) is 10.6. The van der Waals surface area contributed by atoms with Gasteiger partial charge in [0.25, 0.3) is 0 Å². The number of fused-ring (bicyclic) bond motifs is 5. The van der Waals surface area contributed by atoms with Crippen molar-refractivity contribution in [3.05, 3.63) is 82.9 Å². The first-order chi connectivity index (χ1) is 24.8. The number of aliphatic hydroxyl groups is 1. The Kier molecular flexibility index (Phi) is 14.8. The number of benzene rings is 4. The summed E-state index contributed by atoms with van der Waals surface area (Å²) in [7, 11) is 6.96. The van der Waals surface area contributed by atoms with Gasteiger partial charge in [-0.1, -0.05) is 58.3 Å². The molecule has 11 heteroatoms. The van der Waals surface area contributed by atoms with Crippen molar-refractivity contribution < 1.29 is 34.7 Å². The number of aromatic hydroxyl groups is 3. The number of methoxy groups -OCH3 is 1. The highest BCUT2D eigenvalue weighted by Crippen LogP contribution is 2.45. The molecule has 274 valence electrons. The topological polar surface area (TPSA) is 141 Å². The van der Waals surface area contributed by atoms with E-state index >= 15 is 0 Å². The lowest BCUT2D eigenvalue weighted by Gasteiger charge is -2.27. The number of aryl methyl sites for hydroxylation is 1. The minimum atomic E-state index is -0.543. The zero-order valence-corrected chi connectivity index (χ0v) is 31.1. The molecule has 0 radical (unpaired) electrons. The van der Waals surface area contributed by atoms with Crippen molar-refractivity contribution in [1.29, 1.82) is 0 Å². The number of nitrogens with one attached hydrogen (secondary N) is 2. The molecule has 2 atom stereocenters. The lowest BCUT2D eigenvalue weighted by Crippen LogP contribution is -2.30. The molecule has 51 heavy (non-hydrogen) atoms. The van der Waals surface area contributed by atoms with Crippen LogP contribution in [0.4, 0.5) is 0 Å². The molecule has 0 bridgehead atoms. The third-order valence-electron chi connectivity index (χ3n) is 9.16. The minimum Gasteiger partial charge on any atom is -0.508 e. The molecule has 0 saturated carbocycles. The number of phenolic OH excluding ortho intramolecular Hbond substituents is 3. The van der Waals surface area contributed by atoms with Crippen molar-refractivity contribution in [2.45, 2.75) is 76.0 Å². The second-order valence-corrected chi connectivity index (χ2v) is 15.5. The van der Waals surface area contributed by atoms with Gasteiger partial charge in [-0.25, -0.2) is 0 Å². The van der Waals surface area contributed by atoms with Gasteiger partial charge in [0.2, 0.25) is 0 Å². The molecule has 0 aromatic heterocycles. The molecular weight excluding hydrogens is 685 g/mol. The Labute approximate surface area is 308 Å². The Balaban J connectivity index is 1.45. The van der Waals surface area contributed by atoms with Gasteiger partial charge < -0.3 is 35.2 Å². The van der Waals surface area contributed by atoms with Crippen molar-refractivity contribution in [1.82, 2.24) is 10.6 Å². The van der Waals surface area contributed by atoms with Gasteiger partial charge in [0, 0.05) is 43.1 Å². The molecule has 1 aliphatic rings. The summed E-state index contributed by atoms with van der Waals surface area (Å²) in [6.07, 6.45) is 4.05. The van der Waals surface area contributed by atoms with Crippen LogP contribution in [-0.4, -0.2) is 65.4 Å². The van der Waals surface area contributed by atoms with E-state index in [1.165, 1.54) is 0 Å². The van der Waals surface area contributed by atoms with Crippen LogP contribution in [0.1, 0.15) is 73.4 Å². The molecule has 4 aromatic carbocycles. The van der Waals surface area contributed by atoms with Crippen LogP contribution in [0.25, 0.3) is 21.9 Å². The summed E-state index contributed by atoms with van der Waals surface area (Å²) < 4.78 is 12.5. The average Bonchev–Trinajstić information content (AvgIpc) is 3.11. The molecule has 0 aliphatic carbocycles. The molecule has 0 amide bonds. The highest BCUT2D eigenvalue weighted by atomic mass is 33.1. The number of unbranched alkanes of at least 4 members (excludes halogenated alkanes) is 1. The van der Waals surface area contributed by atoms with Gasteiger partial charge in [-0.3, -0.25) is 10.1 Å². The molecule has 0 saturated heterocycles. The third-order valence-corrected chi connectivity index (χ3v) is 11.5. The van der Waals surface area contributed by atoms with Gasteiger partial charge in [0.1, 0.15) is 23.5 Å². The van der Waals surface area contributed by atoms with Crippen LogP contribution in [0.5, 0.6) is 23.0 Å². The molecule has 0 unspecified atom stereocenters. The lowest BCUT2D eigenvalue weighted by atomic mass is 9.89. The van der Waals surface area contributed by atoms with Gasteiger partial charge >= 0.3 is 0 Å². The molecule has 9 nitrogen and oxygen atoms in total. The van der Waals surface area contributed by atoms with Gasteiger partial charge in [-0.2, -0.15) is 0 Å². The highest BCUT2D eigenvalue weighted by Gasteiger charge is 2.24. The number of hydrogen-bond donors (Lipinski definition) is 6. The van der Waals surface area contributed by atoms with Crippen LogP contribution < -0.4 is 15.4 Å². The summed E-state index contributed by atoms with van der Waals surface area (Å²) in [5.41, 5.74) is 5.30. The van der Waals surface area contributed by atoms with Crippen LogP contribution in [0.15, 0.2) is 60.7 Å². The SMILES string of the molecule is CNCc1cc(O)cc([C@@H](NCCCCO)O[C@H]2CCCCSSCc3c(ccc4ccc(O)cc34)-c3c(ccc(O)c3OC)CCC(=O)C2)c1.